The molecule has 31 heavy (non-hydrogen) atoms. The summed E-state index contributed by atoms with van der Waals surface area (Å²) >= 11 is 6.47. The van der Waals surface area contributed by atoms with Crippen LogP contribution in [0.3, 0.4) is 0 Å². The molecule has 0 saturated carbocycles. The van der Waals surface area contributed by atoms with Crippen molar-refractivity contribution in [3.8, 4) is 11.1 Å². The number of nitrogens with zero attached hydrogens (tertiary/aromatic N) is 1. The SMILES string of the molecule is NC(Cc1cccc2c(-c3ccccc3Cl)cccc12)C(=O)N1Cc2ccccc2C1. The van der Waals surface area contributed by atoms with Crippen LogP contribution in [0.4, 0.5) is 0 Å². The number of hydrogen-bond acceptors (Lipinski definition) is 2. The van der Waals surface area contributed by atoms with E-state index in [1.165, 1.54) is 11.1 Å². The monoisotopic (exact) mass is 426 g/mol. The van der Waals surface area contributed by atoms with Gasteiger partial charge in [-0.3, -0.25) is 4.79 Å². The highest BCUT2D eigenvalue weighted by Gasteiger charge is 2.27. The Balaban J connectivity index is 1.43. The first-order valence-electron chi connectivity index (χ1n) is 10.5. The highest BCUT2D eigenvalue weighted by atomic mass is 35.5. The van der Waals surface area contributed by atoms with Crippen LogP contribution in [-0.4, -0.2) is 16.8 Å². The number of carbonyl (C=O) groups excluding carboxylic acids is 1. The van der Waals surface area contributed by atoms with Gasteiger partial charge >= 0.3 is 0 Å². The van der Waals surface area contributed by atoms with Crippen LogP contribution in [0.2, 0.25) is 5.02 Å². The Morgan fingerprint density at radius 2 is 1.42 bits per heavy atom. The zero-order valence-electron chi connectivity index (χ0n) is 17.1. The molecule has 1 aliphatic rings. The third kappa shape index (κ3) is 3.71. The smallest absolute Gasteiger partial charge is 0.240 e. The van der Waals surface area contributed by atoms with Crippen LogP contribution in [0.25, 0.3) is 21.9 Å². The summed E-state index contributed by atoms with van der Waals surface area (Å²) in [5, 5.41) is 2.94. The van der Waals surface area contributed by atoms with Crippen molar-refractivity contribution in [2.75, 3.05) is 0 Å². The van der Waals surface area contributed by atoms with Crippen LogP contribution >= 0.6 is 11.6 Å². The summed E-state index contributed by atoms with van der Waals surface area (Å²) < 4.78 is 0. The molecule has 1 amide bonds. The molecule has 1 atom stereocenters. The van der Waals surface area contributed by atoms with E-state index in [1.807, 2.05) is 53.4 Å². The van der Waals surface area contributed by atoms with Crippen molar-refractivity contribution >= 4 is 28.3 Å². The lowest BCUT2D eigenvalue weighted by Crippen LogP contribution is -2.42. The van der Waals surface area contributed by atoms with Gasteiger partial charge in [0.05, 0.1) is 6.04 Å². The zero-order valence-corrected chi connectivity index (χ0v) is 17.8. The average Bonchev–Trinajstić information content (AvgIpc) is 3.23. The molecule has 4 aromatic rings. The minimum Gasteiger partial charge on any atom is -0.333 e. The number of nitrogens with two attached hydrogens (primary N) is 1. The van der Waals surface area contributed by atoms with Crippen LogP contribution < -0.4 is 5.73 Å². The number of fused-ring (bicyclic) bond motifs is 2. The molecule has 5 rings (SSSR count). The lowest BCUT2D eigenvalue weighted by Gasteiger charge is -2.21. The largest absolute Gasteiger partial charge is 0.333 e. The number of halogens is 1. The first-order valence-corrected chi connectivity index (χ1v) is 10.9. The average molecular weight is 427 g/mol. The molecule has 154 valence electrons. The van der Waals surface area contributed by atoms with Crippen LogP contribution in [0.1, 0.15) is 16.7 Å². The summed E-state index contributed by atoms with van der Waals surface area (Å²) in [5.41, 5.74) is 12.0. The standard InChI is InChI=1S/C27H23ClN2O/c28-25-14-4-3-10-24(25)23-13-6-11-21-18(9-5-12-22(21)23)15-26(29)27(31)30-16-19-7-1-2-8-20(19)17-30/h1-14,26H,15-17,29H2. The highest BCUT2D eigenvalue weighted by Crippen LogP contribution is 2.34. The molecule has 1 unspecified atom stereocenters. The molecule has 0 aliphatic carbocycles. The zero-order chi connectivity index (χ0) is 21.4. The maximum absolute atomic E-state index is 13.1. The summed E-state index contributed by atoms with van der Waals surface area (Å²) in [6.45, 7) is 1.27. The van der Waals surface area contributed by atoms with Gasteiger partial charge in [0.1, 0.15) is 0 Å². The lowest BCUT2D eigenvalue weighted by molar-refractivity contribution is -0.133. The summed E-state index contributed by atoms with van der Waals surface area (Å²) in [6.07, 6.45) is 0.495. The fourth-order valence-electron chi connectivity index (χ4n) is 4.52. The predicted molar refractivity (Wildman–Crippen MR) is 127 cm³/mol. The molecular weight excluding hydrogens is 404 g/mol. The van der Waals surface area contributed by atoms with Gasteiger partial charge in [0.15, 0.2) is 0 Å². The molecule has 4 aromatic carbocycles. The quantitative estimate of drug-likeness (QED) is 0.463. The fraction of sp³-hybridized carbons (Fsp3) is 0.148. The van der Waals surface area contributed by atoms with Gasteiger partial charge in [0, 0.05) is 23.7 Å². The van der Waals surface area contributed by atoms with Crippen molar-refractivity contribution in [3.05, 3.63) is 107 Å². The Kier molecular flexibility index (Phi) is 5.23. The maximum atomic E-state index is 13.1. The number of hydrogen-bond donors (Lipinski definition) is 1. The molecule has 1 heterocycles. The third-order valence-electron chi connectivity index (χ3n) is 6.09. The van der Waals surface area contributed by atoms with Gasteiger partial charge in [-0.05, 0) is 45.5 Å². The Morgan fingerprint density at radius 3 is 2.16 bits per heavy atom. The number of amides is 1. The minimum absolute atomic E-state index is 0.00420. The Labute approximate surface area is 187 Å². The second-order valence-corrected chi connectivity index (χ2v) is 8.48. The molecule has 0 spiro atoms. The molecule has 0 saturated heterocycles. The van der Waals surface area contributed by atoms with Crippen molar-refractivity contribution < 1.29 is 4.79 Å². The predicted octanol–water partition coefficient (Wildman–Crippen LogP) is 5.57. The lowest BCUT2D eigenvalue weighted by atomic mass is 9.93. The van der Waals surface area contributed by atoms with E-state index in [0.717, 1.165) is 32.5 Å². The van der Waals surface area contributed by atoms with Gasteiger partial charge in [-0.2, -0.15) is 0 Å². The topological polar surface area (TPSA) is 46.3 Å². The van der Waals surface area contributed by atoms with Crippen molar-refractivity contribution in [1.29, 1.82) is 0 Å². The second kappa shape index (κ2) is 8.18. The van der Waals surface area contributed by atoms with E-state index in [4.69, 9.17) is 17.3 Å². The number of carbonyl (C=O) groups is 1. The summed E-state index contributed by atoms with van der Waals surface area (Å²) in [4.78, 5) is 14.9. The fourth-order valence-corrected chi connectivity index (χ4v) is 4.75. The van der Waals surface area contributed by atoms with E-state index >= 15 is 0 Å². The molecule has 0 fully saturated rings. The summed E-state index contributed by atoms with van der Waals surface area (Å²) in [6, 6.07) is 27.9. The van der Waals surface area contributed by atoms with E-state index in [0.29, 0.717) is 19.5 Å². The maximum Gasteiger partial charge on any atom is 0.240 e. The van der Waals surface area contributed by atoms with Crippen molar-refractivity contribution in [2.24, 2.45) is 5.73 Å². The highest BCUT2D eigenvalue weighted by molar-refractivity contribution is 6.33. The van der Waals surface area contributed by atoms with Gasteiger partial charge in [-0.15, -0.1) is 0 Å². The second-order valence-electron chi connectivity index (χ2n) is 8.07. The van der Waals surface area contributed by atoms with Crippen LogP contribution in [-0.2, 0) is 24.3 Å². The van der Waals surface area contributed by atoms with Crippen LogP contribution in [0, 0.1) is 0 Å². The van der Waals surface area contributed by atoms with Crippen molar-refractivity contribution in [3.63, 3.8) is 0 Å². The van der Waals surface area contributed by atoms with Gasteiger partial charge in [-0.25, -0.2) is 0 Å². The summed E-state index contributed by atoms with van der Waals surface area (Å²) in [7, 11) is 0. The van der Waals surface area contributed by atoms with Gasteiger partial charge in [0.2, 0.25) is 5.91 Å². The summed E-state index contributed by atoms with van der Waals surface area (Å²) in [5.74, 6) is -0.00420. The minimum atomic E-state index is -0.580. The first kappa shape index (κ1) is 19.8. The normalized spacial score (nSPS) is 13.9. The third-order valence-corrected chi connectivity index (χ3v) is 6.42. The van der Waals surface area contributed by atoms with E-state index < -0.39 is 6.04 Å². The van der Waals surface area contributed by atoms with Gasteiger partial charge in [0.25, 0.3) is 0 Å². The van der Waals surface area contributed by atoms with E-state index in [1.54, 1.807) is 0 Å². The molecule has 2 N–H and O–H groups in total. The first-order chi connectivity index (χ1) is 15.1. The molecule has 3 nitrogen and oxygen atoms in total. The Hall–Kier alpha value is -3.14. The van der Waals surface area contributed by atoms with Gasteiger partial charge in [-0.1, -0.05) is 90.5 Å². The number of rotatable bonds is 4. The molecule has 0 aromatic heterocycles. The Bertz CT molecular complexity index is 1260. The van der Waals surface area contributed by atoms with E-state index in [-0.39, 0.29) is 5.91 Å². The van der Waals surface area contributed by atoms with Gasteiger partial charge < -0.3 is 10.6 Å². The number of benzene rings is 4. The Morgan fingerprint density at radius 1 is 0.806 bits per heavy atom. The van der Waals surface area contributed by atoms with Crippen molar-refractivity contribution in [2.45, 2.75) is 25.6 Å². The molecular formula is C27H23ClN2O. The van der Waals surface area contributed by atoms with Crippen LogP contribution in [0.15, 0.2) is 84.9 Å². The molecule has 1 aliphatic heterocycles. The molecule has 4 heteroatoms. The van der Waals surface area contributed by atoms with E-state index in [2.05, 4.69) is 36.4 Å². The molecule has 0 radical (unpaired) electrons. The van der Waals surface area contributed by atoms with Crippen molar-refractivity contribution in [1.82, 2.24) is 4.90 Å². The molecule has 0 bridgehead atoms. The van der Waals surface area contributed by atoms with E-state index in [9.17, 15) is 4.79 Å². The van der Waals surface area contributed by atoms with Crippen LogP contribution in [0.5, 0.6) is 0 Å².